The summed E-state index contributed by atoms with van der Waals surface area (Å²) in [5.74, 6) is 0.523. The summed E-state index contributed by atoms with van der Waals surface area (Å²) in [6.45, 7) is 1.79. The van der Waals surface area contributed by atoms with Crippen LogP contribution in [0.5, 0.6) is 0 Å². The Labute approximate surface area is 152 Å². The molecule has 6 nitrogen and oxygen atoms in total. The Morgan fingerprint density at radius 3 is 2.54 bits per heavy atom. The molecule has 1 amide bonds. The third kappa shape index (κ3) is 3.60. The standard InChI is InChI=1S/C20H22N4O2/c25-14-17-5-3-4-15(11-17)10-16-8-9-23(12-16)20(26)13-24-21-18-6-1-2-7-19(18)22-24/h1-7,11,16,25H,8-10,12-14H2/t16-/m1/s1. The monoisotopic (exact) mass is 350 g/mol. The summed E-state index contributed by atoms with van der Waals surface area (Å²) in [6.07, 6.45) is 1.94. The van der Waals surface area contributed by atoms with Crippen molar-refractivity contribution in [3.8, 4) is 0 Å². The molecule has 0 spiro atoms. The number of carbonyl (C=O) groups excluding carboxylic acids is 1. The average molecular weight is 350 g/mol. The van der Waals surface area contributed by atoms with Crippen LogP contribution in [0.4, 0.5) is 0 Å². The van der Waals surface area contributed by atoms with Crippen molar-refractivity contribution in [2.24, 2.45) is 5.92 Å². The minimum absolute atomic E-state index is 0.0638. The van der Waals surface area contributed by atoms with E-state index in [9.17, 15) is 9.90 Å². The number of aliphatic hydroxyl groups excluding tert-OH is 1. The first-order chi connectivity index (χ1) is 12.7. The van der Waals surface area contributed by atoms with E-state index < -0.39 is 0 Å². The minimum atomic E-state index is 0.0638. The predicted molar refractivity (Wildman–Crippen MR) is 98.3 cm³/mol. The van der Waals surface area contributed by atoms with Gasteiger partial charge < -0.3 is 10.0 Å². The van der Waals surface area contributed by atoms with E-state index in [0.29, 0.717) is 5.92 Å². The molecule has 0 aliphatic carbocycles. The molecule has 1 atom stereocenters. The lowest BCUT2D eigenvalue weighted by Gasteiger charge is -2.16. The second-order valence-electron chi connectivity index (χ2n) is 6.90. The van der Waals surface area contributed by atoms with E-state index in [2.05, 4.69) is 16.3 Å². The summed E-state index contributed by atoms with van der Waals surface area (Å²) in [6, 6.07) is 15.7. The Morgan fingerprint density at radius 2 is 1.81 bits per heavy atom. The number of hydrogen-bond acceptors (Lipinski definition) is 4. The van der Waals surface area contributed by atoms with Crippen molar-refractivity contribution in [1.29, 1.82) is 0 Å². The number of likely N-dealkylation sites (tertiary alicyclic amines) is 1. The van der Waals surface area contributed by atoms with Crippen LogP contribution in [0.25, 0.3) is 11.0 Å². The largest absolute Gasteiger partial charge is 0.392 e. The van der Waals surface area contributed by atoms with Crippen LogP contribution in [0.2, 0.25) is 0 Å². The number of carbonyl (C=O) groups is 1. The number of hydrogen-bond donors (Lipinski definition) is 1. The van der Waals surface area contributed by atoms with E-state index in [1.807, 2.05) is 47.4 Å². The van der Waals surface area contributed by atoms with Crippen molar-refractivity contribution in [3.05, 3.63) is 59.7 Å². The average Bonchev–Trinajstić information content (AvgIpc) is 3.28. The number of aromatic nitrogens is 3. The first-order valence-corrected chi connectivity index (χ1v) is 8.97. The number of fused-ring (bicyclic) bond motifs is 1. The van der Waals surface area contributed by atoms with Gasteiger partial charge in [-0.3, -0.25) is 4.79 Å². The molecule has 0 bridgehead atoms. The Bertz CT molecular complexity index is 888. The lowest BCUT2D eigenvalue weighted by Crippen LogP contribution is -2.32. The Kier molecular flexibility index (Phi) is 4.67. The Balaban J connectivity index is 1.36. The molecule has 6 heteroatoms. The summed E-state index contributed by atoms with van der Waals surface area (Å²) >= 11 is 0. The molecule has 1 aliphatic rings. The number of benzene rings is 2. The SMILES string of the molecule is O=C(Cn1nc2ccccc2n1)N1CC[C@H](Cc2cccc(CO)c2)C1. The van der Waals surface area contributed by atoms with Crippen LogP contribution >= 0.6 is 0 Å². The van der Waals surface area contributed by atoms with Gasteiger partial charge in [0.25, 0.3) is 0 Å². The Hall–Kier alpha value is -2.73. The van der Waals surface area contributed by atoms with Crippen LogP contribution in [0.3, 0.4) is 0 Å². The van der Waals surface area contributed by atoms with Crippen LogP contribution in [0.1, 0.15) is 17.5 Å². The van der Waals surface area contributed by atoms with Crippen LogP contribution in [0.15, 0.2) is 48.5 Å². The molecule has 1 saturated heterocycles. The van der Waals surface area contributed by atoms with Gasteiger partial charge >= 0.3 is 0 Å². The maximum atomic E-state index is 12.6. The number of nitrogens with zero attached hydrogens (tertiary/aromatic N) is 4. The predicted octanol–water partition coefficient (Wildman–Crippen LogP) is 2.01. The molecule has 4 rings (SSSR count). The molecule has 1 aliphatic heterocycles. The van der Waals surface area contributed by atoms with Crippen LogP contribution in [-0.4, -0.2) is 44.0 Å². The molecule has 0 unspecified atom stereocenters. The molecular formula is C20H22N4O2. The number of aliphatic hydroxyl groups is 1. The smallest absolute Gasteiger partial charge is 0.246 e. The molecule has 2 aromatic carbocycles. The second-order valence-corrected chi connectivity index (χ2v) is 6.90. The van der Waals surface area contributed by atoms with Crippen molar-refractivity contribution in [2.75, 3.05) is 13.1 Å². The van der Waals surface area contributed by atoms with Crippen molar-refractivity contribution in [3.63, 3.8) is 0 Å². The van der Waals surface area contributed by atoms with Crippen LogP contribution < -0.4 is 0 Å². The quantitative estimate of drug-likeness (QED) is 0.764. The fourth-order valence-corrected chi connectivity index (χ4v) is 3.61. The molecular weight excluding hydrogens is 328 g/mol. The zero-order valence-corrected chi connectivity index (χ0v) is 14.6. The third-order valence-corrected chi connectivity index (χ3v) is 4.94. The highest BCUT2D eigenvalue weighted by Crippen LogP contribution is 2.22. The van der Waals surface area contributed by atoms with Crippen molar-refractivity contribution < 1.29 is 9.90 Å². The van der Waals surface area contributed by atoms with Gasteiger partial charge in [0.05, 0.1) is 6.61 Å². The summed E-state index contributed by atoms with van der Waals surface area (Å²) in [4.78, 5) is 16.0. The molecule has 26 heavy (non-hydrogen) atoms. The van der Waals surface area contributed by atoms with Gasteiger partial charge in [-0.25, -0.2) is 0 Å². The van der Waals surface area contributed by atoms with Gasteiger partial charge in [0.1, 0.15) is 17.6 Å². The van der Waals surface area contributed by atoms with Crippen LogP contribution in [-0.2, 0) is 24.4 Å². The molecule has 134 valence electrons. The number of rotatable bonds is 5. The van der Waals surface area contributed by atoms with E-state index in [1.165, 1.54) is 10.4 Å². The second kappa shape index (κ2) is 7.25. The van der Waals surface area contributed by atoms with E-state index in [-0.39, 0.29) is 19.1 Å². The van der Waals surface area contributed by atoms with Gasteiger partial charge in [-0.15, -0.1) is 0 Å². The highest BCUT2D eigenvalue weighted by molar-refractivity contribution is 5.77. The molecule has 3 aromatic rings. The van der Waals surface area contributed by atoms with Gasteiger partial charge in [0.15, 0.2) is 0 Å². The van der Waals surface area contributed by atoms with Gasteiger partial charge in [0, 0.05) is 13.1 Å². The normalized spacial score (nSPS) is 17.1. The lowest BCUT2D eigenvalue weighted by molar-refractivity contribution is -0.131. The minimum Gasteiger partial charge on any atom is -0.392 e. The number of amides is 1. The van der Waals surface area contributed by atoms with Gasteiger partial charge in [-0.2, -0.15) is 15.0 Å². The Morgan fingerprint density at radius 1 is 1.08 bits per heavy atom. The maximum Gasteiger partial charge on any atom is 0.246 e. The van der Waals surface area contributed by atoms with Crippen molar-refractivity contribution >= 4 is 16.9 Å². The van der Waals surface area contributed by atoms with E-state index in [1.54, 1.807) is 0 Å². The lowest BCUT2D eigenvalue weighted by atomic mass is 9.97. The first kappa shape index (κ1) is 16.7. The zero-order chi connectivity index (χ0) is 17.9. The van der Waals surface area contributed by atoms with Crippen molar-refractivity contribution in [2.45, 2.75) is 26.0 Å². The summed E-state index contributed by atoms with van der Waals surface area (Å²) in [7, 11) is 0. The van der Waals surface area contributed by atoms with Gasteiger partial charge in [-0.05, 0) is 42.0 Å². The highest BCUT2D eigenvalue weighted by Gasteiger charge is 2.26. The fourth-order valence-electron chi connectivity index (χ4n) is 3.61. The molecule has 1 N–H and O–H groups in total. The van der Waals surface area contributed by atoms with E-state index >= 15 is 0 Å². The maximum absolute atomic E-state index is 12.6. The molecule has 0 saturated carbocycles. The molecule has 2 heterocycles. The molecule has 0 radical (unpaired) electrons. The highest BCUT2D eigenvalue weighted by atomic mass is 16.3. The van der Waals surface area contributed by atoms with Crippen LogP contribution in [0, 0.1) is 5.92 Å². The summed E-state index contributed by atoms with van der Waals surface area (Å²) in [5, 5.41) is 18.0. The van der Waals surface area contributed by atoms with Gasteiger partial charge in [0.2, 0.25) is 5.91 Å². The summed E-state index contributed by atoms with van der Waals surface area (Å²) in [5.41, 5.74) is 3.77. The summed E-state index contributed by atoms with van der Waals surface area (Å²) < 4.78 is 0. The topological polar surface area (TPSA) is 71.2 Å². The fraction of sp³-hybridized carbons (Fsp3) is 0.350. The third-order valence-electron chi connectivity index (χ3n) is 4.94. The van der Waals surface area contributed by atoms with Crippen molar-refractivity contribution in [1.82, 2.24) is 19.9 Å². The van der Waals surface area contributed by atoms with E-state index in [0.717, 1.165) is 42.5 Å². The van der Waals surface area contributed by atoms with Gasteiger partial charge in [-0.1, -0.05) is 36.4 Å². The zero-order valence-electron chi connectivity index (χ0n) is 14.6. The van der Waals surface area contributed by atoms with E-state index in [4.69, 9.17) is 0 Å². The molecule has 1 fully saturated rings. The molecule has 1 aromatic heterocycles. The first-order valence-electron chi connectivity index (χ1n) is 8.97.